The van der Waals surface area contributed by atoms with Crippen LogP contribution in [0.3, 0.4) is 0 Å². The Balaban J connectivity index is 4.03. The number of likely N-dealkylation sites (N-methyl/N-ethyl adjacent to an activating group) is 1. The van der Waals surface area contributed by atoms with Crippen LogP contribution in [0.4, 0.5) is 0 Å². The Hall–Kier alpha value is -1.33. The number of alkyl halides is 1. The molecule has 0 aliphatic rings. The normalized spacial score (nSPS) is 13.4. The molecule has 48 heavy (non-hydrogen) atoms. The zero-order valence-electron chi connectivity index (χ0n) is 32.4. The number of unbranched alkanes of at least 4 members (excludes halogenated alkanes) is 22. The average Bonchev–Trinajstić information content (AvgIpc) is 3.03. The molecule has 282 valence electrons. The second-order valence-electron chi connectivity index (χ2n) is 15.0. The van der Waals surface area contributed by atoms with Gasteiger partial charge in [0.1, 0.15) is 6.54 Å². The molecule has 2 unspecified atom stereocenters. The molecule has 2 atom stereocenters. The number of hydrogen-bond acceptors (Lipinski definition) is 4. The minimum Gasteiger partial charge on any atom is -0.451 e. The highest BCUT2D eigenvalue weighted by Crippen LogP contribution is 2.17. The van der Waals surface area contributed by atoms with Crippen molar-refractivity contribution < 1.29 is 23.5 Å². The quantitative estimate of drug-likeness (QED) is 0.0218. The molecular weight excluding hydrogens is 618 g/mol. The van der Waals surface area contributed by atoms with Crippen molar-refractivity contribution >= 4 is 23.5 Å². The van der Waals surface area contributed by atoms with E-state index in [4.69, 9.17) is 21.1 Å². The first-order valence-corrected chi connectivity index (χ1v) is 20.8. The van der Waals surface area contributed by atoms with E-state index in [1.54, 1.807) is 0 Å². The van der Waals surface area contributed by atoms with Gasteiger partial charge in [-0.25, -0.2) is 0 Å². The molecule has 0 aromatic heterocycles. The molecule has 0 rings (SSSR count). The van der Waals surface area contributed by atoms with Crippen LogP contribution in [0.5, 0.6) is 0 Å². The molecule has 0 saturated carbocycles. The molecule has 0 heterocycles. The van der Waals surface area contributed by atoms with Crippen LogP contribution >= 0.6 is 11.6 Å². The van der Waals surface area contributed by atoms with Gasteiger partial charge in [-0.2, -0.15) is 0 Å². The highest BCUT2D eigenvalue weighted by molar-refractivity contribution is 6.20. The van der Waals surface area contributed by atoms with Crippen molar-refractivity contribution in [3.05, 3.63) is 24.3 Å². The van der Waals surface area contributed by atoms with Crippen molar-refractivity contribution in [3.8, 4) is 0 Å². The van der Waals surface area contributed by atoms with E-state index in [2.05, 4.69) is 38.2 Å². The second-order valence-corrected chi connectivity index (χ2v) is 15.4. The largest absolute Gasteiger partial charge is 0.451 e. The van der Waals surface area contributed by atoms with Crippen molar-refractivity contribution in [2.45, 2.75) is 205 Å². The first-order chi connectivity index (χ1) is 23.2. The lowest BCUT2D eigenvalue weighted by molar-refractivity contribution is -0.873. The number of rotatable bonds is 35. The van der Waals surface area contributed by atoms with E-state index in [9.17, 15) is 9.59 Å². The molecule has 0 spiro atoms. The van der Waals surface area contributed by atoms with Gasteiger partial charge in [0.2, 0.25) is 11.7 Å². The summed E-state index contributed by atoms with van der Waals surface area (Å²) in [7, 11) is 6.05. The lowest BCUT2D eigenvalue weighted by atomic mass is 10.1. The molecule has 0 saturated heterocycles. The van der Waals surface area contributed by atoms with Crippen LogP contribution < -0.4 is 0 Å². The van der Waals surface area contributed by atoms with E-state index in [0.29, 0.717) is 23.9 Å². The van der Waals surface area contributed by atoms with Crippen LogP contribution in [-0.2, 0) is 19.1 Å². The number of allylic oxidation sites excluding steroid dienone is 4. The van der Waals surface area contributed by atoms with Gasteiger partial charge in [-0.15, -0.1) is 0 Å². The highest BCUT2D eigenvalue weighted by atomic mass is 35.5. The van der Waals surface area contributed by atoms with Crippen molar-refractivity contribution in [1.29, 1.82) is 0 Å². The lowest BCUT2D eigenvalue weighted by Crippen LogP contribution is -2.47. The first kappa shape index (κ1) is 46.7. The number of carbonyl (C=O) groups excluding carboxylic acids is 2. The molecule has 0 aromatic rings. The zero-order chi connectivity index (χ0) is 35.6. The third-order valence-corrected chi connectivity index (χ3v) is 9.20. The van der Waals surface area contributed by atoms with Gasteiger partial charge in [0.25, 0.3) is 0 Å². The van der Waals surface area contributed by atoms with Gasteiger partial charge in [-0.1, -0.05) is 152 Å². The number of carbonyl (C=O) groups is 2. The number of nitrogens with zero attached hydrogens (tertiary/aromatic N) is 1. The number of esters is 2. The van der Waals surface area contributed by atoms with E-state index in [0.717, 1.165) is 51.4 Å². The number of halogens is 1. The summed E-state index contributed by atoms with van der Waals surface area (Å²) in [5, 5.41) is 0. The molecule has 6 heteroatoms. The molecule has 0 fully saturated rings. The van der Waals surface area contributed by atoms with Crippen LogP contribution in [-0.4, -0.2) is 55.8 Å². The minimum atomic E-state index is -0.976. The maximum Gasteiger partial charge on any atom is 0.307 e. The van der Waals surface area contributed by atoms with E-state index in [-0.39, 0.29) is 11.9 Å². The summed E-state index contributed by atoms with van der Waals surface area (Å²) in [6.45, 7) is 5.00. The van der Waals surface area contributed by atoms with Gasteiger partial charge < -0.3 is 14.0 Å². The molecule has 0 aliphatic carbocycles. The van der Waals surface area contributed by atoms with Crippen LogP contribution in [0.25, 0.3) is 0 Å². The van der Waals surface area contributed by atoms with Gasteiger partial charge in [-0.3, -0.25) is 9.59 Å². The fraction of sp³-hybridized carbons (Fsp3) is 0.857. The minimum absolute atomic E-state index is 0.259. The number of quaternary nitrogens is 1. The Morgan fingerprint density at radius 1 is 0.500 bits per heavy atom. The predicted octanol–water partition coefficient (Wildman–Crippen LogP) is 12.8. The SMILES string of the molecule is CCCCCCCC/C=C\CCCCCCCC(=O)OC(Cl)C(C[N+](C)(C)C)OC(=O)CCCCCCC/C=C\CCCCCCCC. The molecular formula is C42H79ClNO4+. The third kappa shape index (κ3) is 34.5. The molecule has 0 radical (unpaired) electrons. The fourth-order valence-electron chi connectivity index (χ4n) is 5.88. The predicted molar refractivity (Wildman–Crippen MR) is 207 cm³/mol. The van der Waals surface area contributed by atoms with Crippen molar-refractivity contribution in [1.82, 2.24) is 0 Å². The van der Waals surface area contributed by atoms with Crippen molar-refractivity contribution in [2.24, 2.45) is 0 Å². The topological polar surface area (TPSA) is 52.6 Å². The maximum atomic E-state index is 12.7. The average molecular weight is 698 g/mol. The Morgan fingerprint density at radius 2 is 0.812 bits per heavy atom. The monoisotopic (exact) mass is 697 g/mol. The summed E-state index contributed by atoms with van der Waals surface area (Å²) in [5.41, 5.74) is -0.976. The van der Waals surface area contributed by atoms with Gasteiger partial charge in [-0.05, 0) is 64.2 Å². The van der Waals surface area contributed by atoms with E-state index in [1.807, 2.05) is 21.1 Å². The number of hydrogen-bond donors (Lipinski definition) is 0. The van der Waals surface area contributed by atoms with Gasteiger partial charge in [0.15, 0.2) is 0 Å². The van der Waals surface area contributed by atoms with Crippen LogP contribution in [0, 0.1) is 0 Å². The Labute approximate surface area is 303 Å². The van der Waals surface area contributed by atoms with Crippen molar-refractivity contribution in [2.75, 3.05) is 27.7 Å². The first-order valence-electron chi connectivity index (χ1n) is 20.3. The second kappa shape index (κ2) is 34.1. The van der Waals surface area contributed by atoms with Crippen molar-refractivity contribution in [3.63, 3.8) is 0 Å². The van der Waals surface area contributed by atoms with Gasteiger partial charge >= 0.3 is 11.9 Å². The van der Waals surface area contributed by atoms with Crippen LogP contribution in [0.15, 0.2) is 24.3 Å². The summed E-state index contributed by atoms with van der Waals surface area (Å²) in [6, 6.07) is 0. The smallest absolute Gasteiger partial charge is 0.307 e. The summed E-state index contributed by atoms with van der Waals surface area (Å²) in [6.07, 6.45) is 41.1. The maximum absolute atomic E-state index is 12.7. The van der Waals surface area contributed by atoms with Gasteiger partial charge in [0.05, 0.1) is 21.1 Å². The van der Waals surface area contributed by atoms with E-state index >= 15 is 0 Å². The molecule has 0 N–H and O–H groups in total. The zero-order valence-corrected chi connectivity index (χ0v) is 33.2. The third-order valence-electron chi connectivity index (χ3n) is 8.83. The Morgan fingerprint density at radius 3 is 1.17 bits per heavy atom. The van der Waals surface area contributed by atoms with Gasteiger partial charge in [0, 0.05) is 12.8 Å². The lowest BCUT2D eigenvalue weighted by Gasteiger charge is -2.30. The molecule has 0 bridgehead atoms. The van der Waals surface area contributed by atoms with Crippen LogP contribution in [0.2, 0.25) is 0 Å². The summed E-state index contributed by atoms with van der Waals surface area (Å²) in [5.74, 6) is -0.572. The number of ether oxygens (including phenoxy) is 2. The van der Waals surface area contributed by atoms with Crippen LogP contribution in [0.1, 0.15) is 194 Å². The summed E-state index contributed by atoms with van der Waals surface area (Å²) >= 11 is 6.52. The standard InChI is InChI=1S/C42H79ClNO4/c1-6-8-10-12-14-16-18-20-22-24-26-28-30-32-34-36-40(45)47-39(38-44(3,4)5)42(43)48-41(46)37-35-33-31-29-27-25-23-21-19-17-15-13-11-9-7-2/h20-23,39,42H,6-19,24-38H2,1-5H3/q+1/b22-20-,23-21-. The van der Waals surface area contributed by atoms with E-state index < -0.39 is 11.7 Å². The molecule has 5 nitrogen and oxygen atoms in total. The molecule has 0 aromatic carbocycles. The van der Waals surface area contributed by atoms with E-state index in [1.165, 1.54) is 116 Å². The fourth-order valence-corrected chi connectivity index (χ4v) is 6.11. The Bertz CT molecular complexity index is 791. The Kier molecular flexibility index (Phi) is 33.2. The molecule has 0 aliphatic heterocycles. The molecule has 0 amide bonds. The highest BCUT2D eigenvalue weighted by Gasteiger charge is 2.31. The summed E-state index contributed by atoms with van der Waals surface area (Å²) < 4.78 is 11.9. The summed E-state index contributed by atoms with van der Waals surface area (Å²) in [4.78, 5) is 25.2.